The minimum atomic E-state index is -1.63. The summed E-state index contributed by atoms with van der Waals surface area (Å²) in [7, 11) is 0. The molecular weight excluding hydrogens is 368 g/mol. The molecular formula is C23H50N2O4. The first-order valence-electron chi connectivity index (χ1n) is 11.8. The van der Waals surface area contributed by atoms with Gasteiger partial charge in [-0.05, 0) is 32.1 Å². The zero-order valence-corrected chi connectivity index (χ0v) is 20.1. The van der Waals surface area contributed by atoms with Gasteiger partial charge in [0.25, 0.3) is 0 Å². The van der Waals surface area contributed by atoms with Crippen LogP contribution in [0.4, 0.5) is 0 Å². The maximum Gasteiger partial charge on any atom is 0.0786 e. The number of unbranched alkanes of at least 4 members (excludes halogenated alkanes) is 5. The quantitative estimate of drug-likeness (QED) is 0.305. The molecule has 29 heavy (non-hydrogen) atoms. The van der Waals surface area contributed by atoms with Gasteiger partial charge in [-0.15, -0.1) is 0 Å². The van der Waals surface area contributed by atoms with E-state index in [-0.39, 0.29) is 0 Å². The summed E-state index contributed by atoms with van der Waals surface area (Å²) in [4.78, 5) is 18.6. The van der Waals surface area contributed by atoms with E-state index in [9.17, 15) is 19.8 Å². The van der Waals surface area contributed by atoms with Crippen molar-refractivity contribution < 1.29 is 30.0 Å². The Balaban J connectivity index is -0.000000461. The fourth-order valence-corrected chi connectivity index (χ4v) is 3.01. The first-order valence-corrected chi connectivity index (χ1v) is 11.8. The second-order valence-corrected chi connectivity index (χ2v) is 7.78. The van der Waals surface area contributed by atoms with Crippen LogP contribution in [-0.4, -0.2) is 49.1 Å². The molecule has 0 amide bonds. The summed E-state index contributed by atoms with van der Waals surface area (Å²) in [6, 6.07) is 0. The van der Waals surface area contributed by atoms with Crippen LogP contribution in [0.1, 0.15) is 105 Å². The molecule has 6 nitrogen and oxygen atoms in total. The van der Waals surface area contributed by atoms with Crippen molar-refractivity contribution in [2.75, 3.05) is 32.7 Å². The molecule has 0 aliphatic carbocycles. The van der Waals surface area contributed by atoms with Crippen molar-refractivity contribution in [2.24, 2.45) is 0 Å². The maximum atomic E-state index is 9.28. The molecule has 0 aromatic rings. The van der Waals surface area contributed by atoms with Crippen LogP contribution < -0.4 is 15.9 Å². The third-order valence-electron chi connectivity index (χ3n) is 4.84. The summed E-state index contributed by atoms with van der Waals surface area (Å²) in [5, 5.41) is 18.6. The number of carboxylic acid groups (broad SMARTS) is 2. The first kappa shape index (κ1) is 32.5. The Morgan fingerprint density at radius 2 is 0.897 bits per heavy atom. The van der Waals surface area contributed by atoms with E-state index >= 15 is 0 Å². The summed E-state index contributed by atoms with van der Waals surface area (Å²) >= 11 is 0. The standard InChI is InChI=1S/C16H36N.C4H11N.C3H4O4/c1-5-9-13-17(14-10-6-2,15-11-7-3)16-12-8-4;1-2-3-4-5;4-2(5)1-3(6)7/h5-16H2,1-4H3;2-5H2,1H3;1H2,(H,4,5)(H,6,7)/q+1;;/p-1. The Bertz CT molecular complexity index is 311. The molecule has 0 aliphatic rings. The van der Waals surface area contributed by atoms with Crippen molar-refractivity contribution in [3.63, 3.8) is 0 Å². The number of carboxylic acids is 2. The number of quaternary nitrogens is 2. The monoisotopic (exact) mass is 418 g/mol. The normalized spacial score (nSPS) is 10.4. The van der Waals surface area contributed by atoms with Crippen LogP contribution in [0.2, 0.25) is 0 Å². The number of rotatable bonds is 16. The lowest BCUT2D eigenvalue weighted by molar-refractivity contribution is -0.929. The second kappa shape index (κ2) is 24.9. The number of aliphatic carboxylic acids is 2. The number of carbonyl (C=O) groups is 2. The molecule has 0 rings (SSSR count). The van der Waals surface area contributed by atoms with Crippen LogP contribution in [0.25, 0.3) is 0 Å². The van der Waals surface area contributed by atoms with Gasteiger partial charge < -0.3 is 30.0 Å². The predicted molar refractivity (Wildman–Crippen MR) is 117 cm³/mol. The Hall–Kier alpha value is -1.14. The first-order chi connectivity index (χ1) is 13.8. The van der Waals surface area contributed by atoms with Gasteiger partial charge in [-0.2, -0.15) is 0 Å². The molecule has 0 radical (unpaired) electrons. The number of hydrogen-bond acceptors (Lipinski definition) is 4. The van der Waals surface area contributed by atoms with Crippen LogP contribution in [0.5, 0.6) is 0 Å². The fraction of sp³-hybridized carbons (Fsp3) is 0.913. The van der Waals surface area contributed by atoms with Crippen molar-refractivity contribution in [3.8, 4) is 0 Å². The van der Waals surface area contributed by atoms with Crippen molar-refractivity contribution in [3.05, 3.63) is 0 Å². The van der Waals surface area contributed by atoms with Crippen LogP contribution >= 0.6 is 0 Å². The van der Waals surface area contributed by atoms with E-state index in [2.05, 4.69) is 40.4 Å². The molecule has 0 aromatic carbocycles. The molecule has 0 bridgehead atoms. The van der Waals surface area contributed by atoms with Gasteiger partial charge in [0.1, 0.15) is 0 Å². The van der Waals surface area contributed by atoms with E-state index in [0.717, 1.165) is 6.54 Å². The third kappa shape index (κ3) is 26.9. The van der Waals surface area contributed by atoms with Gasteiger partial charge in [-0.3, -0.25) is 0 Å². The van der Waals surface area contributed by atoms with Gasteiger partial charge >= 0.3 is 0 Å². The van der Waals surface area contributed by atoms with Gasteiger partial charge in [0.15, 0.2) is 0 Å². The lowest BCUT2D eigenvalue weighted by Gasteiger charge is -2.39. The molecule has 3 N–H and O–H groups in total. The van der Waals surface area contributed by atoms with Crippen molar-refractivity contribution in [1.82, 2.24) is 0 Å². The Morgan fingerprint density at radius 3 is 1.00 bits per heavy atom. The molecule has 6 heteroatoms. The predicted octanol–water partition coefficient (Wildman–Crippen LogP) is 1.91. The van der Waals surface area contributed by atoms with E-state index in [1.54, 1.807) is 0 Å². The van der Waals surface area contributed by atoms with Crippen molar-refractivity contribution >= 4 is 11.9 Å². The highest BCUT2D eigenvalue weighted by Crippen LogP contribution is 2.16. The summed E-state index contributed by atoms with van der Waals surface area (Å²) in [6.07, 6.45) is 12.6. The van der Waals surface area contributed by atoms with E-state index in [0.29, 0.717) is 0 Å². The number of carbonyl (C=O) groups excluding carboxylic acids is 2. The molecule has 0 aliphatic heterocycles. The van der Waals surface area contributed by atoms with E-state index in [1.807, 2.05) is 0 Å². The smallest absolute Gasteiger partial charge is 0.0786 e. The molecule has 0 saturated heterocycles. The minimum Gasteiger partial charge on any atom is -0.550 e. The fourth-order valence-electron chi connectivity index (χ4n) is 3.01. The summed E-state index contributed by atoms with van der Waals surface area (Å²) in [6.45, 7) is 18.3. The molecule has 0 aromatic heterocycles. The molecule has 0 fully saturated rings. The lowest BCUT2D eigenvalue weighted by Crippen LogP contribution is -2.50. The van der Waals surface area contributed by atoms with Crippen molar-refractivity contribution in [1.29, 1.82) is 0 Å². The minimum absolute atomic E-state index is 1.03. The van der Waals surface area contributed by atoms with E-state index in [1.165, 1.54) is 94.9 Å². The number of hydrogen-bond donors (Lipinski definition) is 1. The van der Waals surface area contributed by atoms with Gasteiger partial charge in [0.2, 0.25) is 0 Å². The van der Waals surface area contributed by atoms with Gasteiger partial charge in [-0.25, -0.2) is 0 Å². The Kier molecular flexibility index (Phi) is 27.9. The Labute approximate surface area is 180 Å². The molecule has 0 heterocycles. The Morgan fingerprint density at radius 1 is 0.621 bits per heavy atom. The SMILES string of the molecule is CCCC[N+](CCCC)(CCCC)CCCC.CCCC[NH3+].O=C([O-])CC(=O)[O-]. The molecule has 0 unspecified atom stereocenters. The average Bonchev–Trinajstić information content (AvgIpc) is 2.67. The third-order valence-corrected chi connectivity index (χ3v) is 4.84. The van der Waals surface area contributed by atoms with Crippen LogP contribution in [0.15, 0.2) is 0 Å². The second-order valence-electron chi connectivity index (χ2n) is 7.78. The van der Waals surface area contributed by atoms with Crippen LogP contribution in [-0.2, 0) is 9.59 Å². The maximum absolute atomic E-state index is 9.28. The van der Waals surface area contributed by atoms with Crippen LogP contribution in [0.3, 0.4) is 0 Å². The molecule has 176 valence electrons. The van der Waals surface area contributed by atoms with Crippen LogP contribution in [0, 0.1) is 0 Å². The van der Waals surface area contributed by atoms with Gasteiger partial charge in [0.05, 0.1) is 32.7 Å². The van der Waals surface area contributed by atoms with E-state index < -0.39 is 18.4 Å². The average molecular weight is 419 g/mol. The van der Waals surface area contributed by atoms with Gasteiger partial charge in [0, 0.05) is 18.4 Å². The molecule has 0 spiro atoms. The summed E-state index contributed by atoms with van der Waals surface area (Å²) < 4.78 is 1.42. The largest absolute Gasteiger partial charge is 0.550 e. The highest BCUT2D eigenvalue weighted by Gasteiger charge is 2.24. The van der Waals surface area contributed by atoms with Gasteiger partial charge in [-0.1, -0.05) is 66.7 Å². The van der Waals surface area contributed by atoms with Crippen molar-refractivity contribution in [2.45, 2.75) is 105 Å². The van der Waals surface area contributed by atoms with E-state index in [4.69, 9.17) is 0 Å². The lowest BCUT2D eigenvalue weighted by atomic mass is 10.1. The summed E-state index contributed by atoms with van der Waals surface area (Å²) in [5.74, 6) is -3.25. The zero-order valence-electron chi connectivity index (χ0n) is 20.1. The molecule has 0 saturated carbocycles. The zero-order chi connectivity index (χ0) is 23.0. The topological polar surface area (TPSA) is 108 Å². The highest BCUT2D eigenvalue weighted by atomic mass is 16.4. The molecule has 0 atom stereocenters. The highest BCUT2D eigenvalue weighted by molar-refractivity contribution is 5.86. The number of nitrogens with zero attached hydrogens (tertiary/aromatic N) is 1. The summed E-state index contributed by atoms with van der Waals surface area (Å²) in [5.41, 5.74) is 3.68.